The Morgan fingerprint density at radius 3 is 2.58 bits per heavy atom. The second kappa shape index (κ2) is 8.66. The van der Waals surface area contributed by atoms with E-state index in [0.717, 1.165) is 16.6 Å². The Hall–Kier alpha value is -4.33. The molecule has 0 aliphatic rings. The third kappa shape index (κ3) is 4.23. The summed E-state index contributed by atoms with van der Waals surface area (Å²) in [5.74, 6) is -0.948. The van der Waals surface area contributed by atoms with Gasteiger partial charge in [0.2, 0.25) is 0 Å². The number of rotatable bonds is 5. The van der Waals surface area contributed by atoms with Crippen LogP contribution in [0.4, 0.5) is 14.6 Å². The van der Waals surface area contributed by atoms with Crippen LogP contribution in [-0.2, 0) is 6.54 Å². The van der Waals surface area contributed by atoms with Crippen molar-refractivity contribution in [1.82, 2.24) is 24.9 Å². The van der Waals surface area contributed by atoms with Crippen LogP contribution in [-0.4, -0.2) is 24.9 Å². The van der Waals surface area contributed by atoms with Crippen molar-refractivity contribution in [3.8, 4) is 22.5 Å². The number of nitrogens with zero attached hydrogens (tertiary/aromatic N) is 5. The summed E-state index contributed by atoms with van der Waals surface area (Å²) in [6, 6.07) is 11.9. The molecule has 0 radical (unpaired) electrons. The summed E-state index contributed by atoms with van der Waals surface area (Å²) in [4.78, 5) is 21.0. The van der Waals surface area contributed by atoms with Crippen LogP contribution in [0.5, 0.6) is 0 Å². The molecule has 0 aromatic carbocycles. The molecule has 33 heavy (non-hydrogen) atoms. The van der Waals surface area contributed by atoms with Gasteiger partial charge in [0, 0.05) is 53.5 Å². The minimum atomic E-state index is -0.537. The van der Waals surface area contributed by atoms with E-state index in [0.29, 0.717) is 22.4 Å². The van der Waals surface area contributed by atoms with Crippen molar-refractivity contribution in [2.75, 3.05) is 5.32 Å². The number of nitrogens with one attached hydrogen (secondary N) is 1. The van der Waals surface area contributed by atoms with Crippen molar-refractivity contribution in [3.05, 3.63) is 96.3 Å². The molecule has 8 heteroatoms. The summed E-state index contributed by atoms with van der Waals surface area (Å²) in [5.41, 5.74) is 3.75. The summed E-state index contributed by atoms with van der Waals surface area (Å²) >= 11 is 0. The van der Waals surface area contributed by atoms with Crippen molar-refractivity contribution < 1.29 is 8.78 Å². The predicted molar refractivity (Wildman–Crippen MR) is 122 cm³/mol. The Balaban J connectivity index is 1.37. The Bertz CT molecular complexity index is 1470. The number of fused-ring (bicyclic) bond motifs is 1. The molecule has 162 valence electrons. The van der Waals surface area contributed by atoms with Gasteiger partial charge in [0.05, 0.1) is 17.4 Å². The first-order valence-corrected chi connectivity index (χ1v) is 10.3. The van der Waals surface area contributed by atoms with Gasteiger partial charge < -0.3 is 5.32 Å². The highest BCUT2D eigenvalue weighted by Crippen LogP contribution is 2.27. The van der Waals surface area contributed by atoms with Gasteiger partial charge >= 0.3 is 0 Å². The number of aryl methyl sites for hydroxylation is 1. The fraction of sp³-hybridized carbons (Fsp3) is 0.0800. The normalized spacial score (nSPS) is 11.0. The molecule has 5 aromatic rings. The average molecular weight is 440 g/mol. The van der Waals surface area contributed by atoms with Crippen molar-refractivity contribution in [2.45, 2.75) is 13.5 Å². The minimum Gasteiger partial charge on any atom is -0.363 e. The lowest BCUT2D eigenvalue weighted by atomic mass is 10.1. The molecule has 0 amide bonds. The molecule has 0 unspecified atom stereocenters. The van der Waals surface area contributed by atoms with Crippen LogP contribution in [0.15, 0.2) is 73.4 Å². The molecule has 0 fully saturated rings. The van der Waals surface area contributed by atoms with Gasteiger partial charge in [-0.15, -0.1) is 0 Å². The Kier molecular flexibility index (Phi) is 5.40. The number of halogens is 2. The zero-order valence-corrected chi connectivity index (χ0v) is 17.6. The van der Waals surface area contributed by atoms with Gasteiger partial charge in [-0.1, -0.05) is 6.07 Å². The average Bonchev–Trinajstić information content (AvgIpc) is 2.83. The van der Waals surface area contributed by atoms with E-state index in [1.54, 1.807) is 49.1 Å². The van der Waals surface area contributed by atoms with Crippen LogP contribution in [0.3, 0.4) is 0 Å². The van der Waals surface area contributed by atoms with E-state index in [9.17, 15) is 4.39 Å². The molecule has 0 aliphatic carbocycles. The molecule has 0 saturated carbocycles. The van der Waals surface area contributed by atoms with Gasteiger partial charge in [0.1, 0.15) is 11.5 Å². The summed E-state index contributed by atoms with van der Waals surface area (Å²) in [6.45, 7) is 1.99. The minimum absolute atomic E-state index is 0.0508. The monoisotopic (exact) mass is 440 g/mol. The lowest BCUT2D eigenvalue weighted by molar-refractivity contribution is 0.622. The van der Waals surface area contributed by atoms with Crippen LogP contribution in [0.1, 0.15) is 11.3 Å². The Morgan fingerprint density at radius 2 is 1.73 bits per heavy atom. The van der Waals surface area contributed by atoms with Crippen molar-refractivity contribution in [1.29, 1.82) is 0 Å². The summed E-state index contributed by atoms with van der Waals surface area (Å²) < 4.78 is 29.9. The molecular formula is C25H18F2N6. The second-order valence-electron chi connectivity index (χ2n) is 7.50. The van der Waals surface area contributed by atoms with Gasteiger partial charge in [0.25, 0.3) is 0 Å². The van der Waals surface area contributed by atoms with E-state index in [-0.39, 0.29) is 18.1 Å². The highest BCUT2D eigenvalue weighted by molar-refractivity contribution is 5.82. The molecule has 1 N–H and O–H groups in total. The first-order valence-electron chi connectivity index (χ1n) is 10.3. The first kappa shape index (κ1) is 20.6. The standard InChI is InChI=1S/C25H18F2N6/c1-15-9-18(4-7-28-15)24-20(26)10-16(12-32-24)13-33-25-23(27)19(5-8-30-25)21-11-17-3-2-6-29-22(17)14-31-21/h2-12,14H,13H2,1H3,(H,30,33). The maximum Gasteiger partial charge on any atom is 0.174 e. The highest BCUT2D eigenvalue weighted by atomic mass is 19.1. The molecule has 6 nitrogen and oxygen atoms in total. The molecule has 0 bridgehead atoms. The fourth-order valence-corrected chi connectivity index (χ4v) is 3.55. The molecule has 5 aromatic heterocycles. The Morgan fingerprint density at radius 1 is 0.848 bits per heavy atom. The van der Waals surface area contributed by atoms with Crippen LogP contribution < -0.4 is 5.32 Å². The van der Waals surface area contributed by atoms with Crippen LogP contribution >= 0.6 is 0 Å². The lowest BCUT2D eigenvalue weighted by Crippen LogP contribution is -2.06. The maximum atomic E-state index is 15.2. The van der Waals surface area contributed by atoms with E-state index in [4.69, 9.17) is 0 Å². The number of anilines is 1. The third-order valence-corrected chi connectivity index (χ3v) is 5.18. The summed E-state index contributed by atoms with van der Waals surface area (Å²) in [7, 11) is 0. The molecule has 0 atom stereocenters. The number of aromatic nitrogens is 5. The Labute approximate surface area is 188 Å². The number of hydrogen-bond donors (Lipinski definition) is 1. The second-order valence-corrected chi connectivity index (χ2v) is 7.50. The molecule has 0 aliphatic heterocycles. The molecule has 5 rings (SSSR count). The van der Waals surface area contributed by atoms with Gasteiger partial charge in [-0.05, 0) is 48.9 Å². The molecule has 0 saturated heterocycles. The van der Waals surface area contributed by atoms with Crippen molar-refractivity contribution >= 4 is 16.7 Å². The van der Waals surface area contributed by atoms with Gasteiger partial charge in [-0.25, -0.2) is 13.8 Å². The maximum absolute atomic E-state index is 15.2. The van der Waals surface area contributed by atoms with Crippen molar-refractivity contribution in [3.63, 3.8) is 0 Å². The van der Waals surface area contributed by atoms with Gasteiger partial charge in [-0.3, -0.25) is 19.9 Å². The van der Waals surface area contributed by atoms with Crippen molar-refractivity contribution in [2.24, 2.45) is 0 Å². The first-order chi connectivity index (χ1) is 16.1. The number of pyridine rings is 5. The van der Waals surface area contributed by atoms with E-state index < -0.39 is 11.6 Å². The predicted octanol–water partition coefficient (Wildman–Crippen LogP) is 5.35. The van der Waals surface area contributed by atoms with Crippen LogP contribution in [0.2, 0.25) is 0 Å². The molecule has 5 heterocycles. The van der Waals surface area contributed by atoms with Gasteiger partial charge in [-0.2, -0.15) is 0 Å². The SMILES string of the molecule is Cc1cc(-c2ncc(CNc3nccc(-c4cc5cccnc5cn4)c3F)cc2F)ccn1. The number of hydrogen-bond acceptors (Lipinski definition) is 6. The summed E-state index contributed by atoms with van der Waals surface area (Å²) in [5, 5.41) is 3.79. The smallest absolute Gasteiger partial charge is 0.174 e. The summed E-state index contributed by atoms with van der Waals surface area (Å²) in [6.07, 6.45) is 7.97. The van der Waals surface area contributed by atoms with E-state index in [2.05, 4.69) is 30.2 Å². The fourth-order valence-electron chi connectivity index (χ4n) is 3.55. The topological polar surface area (TPSA) is 76.5 Å². The lowest BCUT2D eigenvalue weighted by Gasteiger charge is -2.11. The van der Waals surface area contributed by atoms with Crippen LogP contribution in [0, 0.1) is 18.6 Å². The van der Waals surface area contributed by atoms with E-state index in [1.165, 1.54) is 12.3 Å². The van der Waals surface area contributed by atoms with E-state index >= 15 is 4.39 Å². The zero-order valence-electron chi connectivity index (χ0n) is 17.6. The third-order valence-electron chi connectivity index (χ3n) is 5.18. The van der Waals surface area contributed by atoms with Crippen LogP contribution in [0.25, 0.3) is 33.4 Å². The van der Waals surface area contributed by atoms with E-state index in [1.807, 2.05) is 19.1 Å². The molecular weight excluding hydrogens is 422 g/mol. The zero-order chi connectivity index (χ0) is 22.8. The molecule has 0 spiro atoms. The highest BCUT2D eigenvalue weighted by Gasteiger charge is 2.14. The largest absolute Gasteiger partial charge is 0.363 e. The quantitative estimate of drug-likeness (QED) is 0.397. The van der Waals surface area contributed by atoms with Gasteiger partial charge in [0.15, 0.2) is 11.6 Å².